The molecule has 0 bridgehead atoms. The van der Waals surface area contributed by atoms with Crippen LogP contribution < -0.4 is 5.32 Å². The summed E-state index contributed by atoms with van der Waals surface area (Å²) in [4.78, 5) is 26.4. The number of carbonyl (C=O) groups excluding carboxylic acids is 2. The minimum absolute atomic E-state index is 0.245. The van der Waals surface area contributed by atoms with Crippen molar-refractivity contribution in [3.05, 3.63) is 99.9 Å². The van der Waals surface area contributed by atoms with Crippen LogP contribution in [0.1, 0.15) is 43.9 Å². The molecule has 1 aliphatic carbocycles. The highest BCUT2D eigenvalue weighted by atomic mass is 35.5. The Morgan fingerprint density at radius 1 is 1.00 bits per heavy atom. The van der Waals surface area contributed by atoms with Crippen molar-refractivity contribution in [3.8, 4) is 21.6 Å². The average Bonchev–Trinajstić information content (AvgIpc) is 3.68. The van der Waals surface area contributed by atoms with Gasteiger partial charge in [-0.3, -0.25) is 10.1 Å². The van der Waals surface area contributed by atoms with Crippen LogP contribution in [0.3, 0.4) is 0 Å². The van der Waals surface area contributed by atoms with Crippen LogP contribution in [-0.4, -0.2) is 18.7 Å². The van der Waals surface area contributed by atoms with E-state index in [1.54, 1.807) is 19.9 Å². The number of nitrogens with one attached hydrogen (secondary N) is 1. The molecule has 1 atom stereocenters. The summed E-state index contributed by atoms with van der Waals surface area (Å²) >= 11 is 7.72. The highest BCUT2D eigenvalue weighted by Gasteiger charge is 2.53. The lowest BCUT2D eigenvalue weighted by atomic mass is 9.89. The standard InChI is InChI=1S/C31H26ClF2NO4S/c1-3-38-29(36)31(13-14-31)21-10-11-22(19-7-5-4-6-8-19)23(16-21)28-26(17-27(32)40-28)35-30(37)39-18(2)20-9-12-24(33)25(34)15-20/h4-12,15-18H,3,13-14H2,1-2H3,(H,35,37). The van der Waals surface area contributed by atoms with E-state index in [0.29, 0.717) is 39.9 Å². The summed E-state index contributed by atoms with van der Waals surface area (Å²) in [6.07, 6.45) is -0.230. The topological polar surface area (TPSA) is 64.6 Å². The van der Waals surface area contributed by atoms with Gasteiger partial charge in [-0.2, -0.15) is 0 Å². The van der Waals surface area contributed by atoms with Gasteiger partial charge in [0.1, 0.15) is 6.10 Å². The Balaban J connectivity index is 1.49. The minimum Gasteiger partial charge on any atom is -0.465 e. The van der Waals surface area contributed by atoms with Gasteiger partial charge in [0.25, 0.3) is 0 Å². The first kappa shape index (κ1) is 27.8. The summed E-state index contributed by atoms with van der Waals surface area (Å²) in [7, 11) is 0. The molecule has 1 N–H and O–H groups in total. The molecule has 40 heavy (non-hydrogen) atoms. The van der Waals surface area contributed by atoms with Crippen molar-refractivity contribution in [2.75, 3.05) is 11.9 Å². The van der Waals surface area contributed by atoms with Crippen molar-refractivity contribution in [1.82, 2.24) is 0 Å². The number of hydrogen-bond acceptors (Lipinski definition) is 5. The Kier molecular flexibility index (Phi) is 7.92. The quantitative estimate of drug-likeness (QED) is 0.211. The number of halogens is 3. The van der Waals surface area contributed by atoms with Crippen molar-refractivity contribution in [1.29, 1.82) is 0 Å². The van der Waals surface area contributed by atoms with Gasteiger partial charge in [-0.05, 0) is 73.2 Å². The predicted molar refractivity (Wildman–Crippen MR) is 153 cm³/mol. The minimum atomic E-state index is -1.02. The third-order valence-corrected chi connectivity index (χ3v) is 8.25. The van der Waals surface area contributed by atoms with E-state index in [1.807, 2.05) is 48.5 Å². The predicted octanol–water partition coefficient (Wildman–Crippen LogP) is 8.92. The molecule has 0 radical (unpaired) electrons. The van der Waals surface area contributed by atoms with E-state index in [-0.39, 0.29) is 5.97 Å². The smallest absolute Gasteiger partial charge is 0.412 e. The Morgan fingerprint density at radius 3 is 2.42 bits per heavy atom. The molecule has 0 aliphatic heterocycles. The first-order valence-corrected chi connectivity index (χ1v) is 14.0. The number of benzene rings is 3. The summed E-state index contributed by atoms with van der Waals surface area (Å²) < 4.78 is 38.3. The summed E-state index contributed by atoms with van der Waals surface area (Å²) in [5, 5.41) is 2.76. The van der Waals surface area contributed by atoms with Gasteiger partial charge in [0.05, 0.1) is 26.9 Å². The molecule has 5 nitrogen and oxygen atoms in total. The molecule has 206 valence electrons. The lowest BCUT2D eigenvalue weighted by Crippen LogP contribution is -2.23. The average molecular weight is 582 g/mol. The van der Waals surface area contributed by atoms with E-state index in [2.05, 4.69) is 5.32 Å². The second-order valence-electron chi connectivity index (χ2n) is 9.57. The van der Waals surface area contributed by atoms with E-state index in [1.165, 1.54) is 17.4 Å². The van der Waals surface area contributed by atoms with Crippen LogP contribution in [0.5, 0.6) is 0 Å². The maximum Gasteiger partial charge on any atom is 0.412 e. The SMILES string of the molecule is CCOC(=O)C1(c2ccc(-c3ccccc3)c(-c3sc(Cl)cc3NC(=O)OC(C)c3ccc(F)c(F)c3)c2)CC1. The number of anilines is 1. The van der Waals surface area contributed by atoms with Gasteiger partial charge in [-0.15, -0.1) is 11.3 Å². The van der Waals surface area contributed by atoms with Gasteiger partial charge in [-0.1, -0.05) is 60.1 Å². The van der Waals surface area contributed by atoms with Crippen LogP contribution in [0, 0.1) is 11.6 Å². The number of carbonyl (C=O) groups is 2. The summed E-state index contributed by atoms with van der Waals surface area (Å²) in [6.45, 7) is 3.65. The molecule has 0 saturated heterocycles. The van der Waals surface area contributed by atoms with Crippen molar-refractivity contribution >= 4 is 40.7 Å². The molecule has 1 aliphatic rings. The highest BCUT2D eigenvalue weighted by molar-refractivity contribution is 7.20. The van der Waals surface area contributed by atoms with Gasteiger partial charge in [0, 0.05) is 5.56 Å². The zero-order valence-electron chi connectivity index (χ0n) is 21.8. The number of amides is 1. The third-order valence-electron chi connectivity index (χ3n) is 6.95. The van der Waals surface area contributed by atoms with Crippen LogP contribution in [0.25, 0.3) is 21.6 Å². The van der Waals surface area contributed by atoms with Crippen LogP contribution in [0.15, 0.2) is 72.8 Å². The number of ether oxygens (including phenoxy) is 2. The molecule has 3 aromatic carbocycles. The summed E-state index contributed by atoms with van der Waals surface area (Å²) in [5.74, 6) is -2.25. The Bertz CT molecular complexity index is 1570. The maximum absolute atomic E-state index is 13.7. The van der Waals surface area contributed by atoms with Gasteiger partial charge < -0.3 is 9.47 Å². The van der Waals surface area contributed by atoms with Crippen molar-refractivity contribution in [2.45, 2.75) is 38.2 Å². The van der Waals surface area contributed by atoms with Gasteiger partial charge in [-0.25, -0.2) is 13.6 Å². The molecule has 9 heteroatoms. The fourth-order valence-electron chi connectivity index (χ4n) is 4.69. The molecule has 1 amide bonds. The van der Waals surface area contributed by atoms with Gasteiger partial charge in [0.2, 0.25) is 0 Å². The van der Waals surface area contributed by atoms with Crippen LogP contribution >= 0.6 is 22.9 Å². The maximum atomic E-state index is 13.7. The first-order valence-electron chi connectivity index (χ1n) is 12.8. The van der Waals surface area contributed by atoms with Gasteiger partial charge in [0.15, 0.2) is 11.6 Å². The number of hydrogen-bond donors (Lipinski definition) is 1. The Labute approximate surface area is 239 Å². The largest absolute Gasteiger partial charge is 0.465 e. The fourth-order valence-corrected chi connectivity index (χ4v) is 5.90. The summed E-state index contributed by atoms with van der Waals surface area (Å²) in [5.41, 5.74) is 3.53. The molecule has 4 aromatic rings. The Morgan fingerprint density at radius 2 is 1.75 bits per heavy atom. The van der Waals surface area contributed by atoms with Crippen molar-refractivity contribution in [3.63, 3.8) is 0 Å². The molecular formula is C31H26ClF2NO4S. The van der Waals surface area contributed by atoms with E-state index in [0.717, 1.165) is 34.4 Å². The Hall–Kier alpha value is -3.75. The molecule has 1 heterocycles. The second-order valence-corrected chi connectivity index (χ2v) is 11.3. The second kappa shape index (κ2) is 11.4. The summed E-state index contributed by atoms with van der Waals surface area (Å²) in [6, 6.07) is 20.6. The van der Waals surface area contributed by atoms with E-state index in [9.17, 15) is 18.4 Å². The first-order chi connectivity index (χ1) is 19.2. The molecule has 5 rings (SSSR count). The van der Waals surface area contributed by atoms with Crippen molar-refractivity contribution in [2.24, 2.45) is 0 Å². The van der Waals surface area contributed by atoms with E-state index in [4.69, 9.17) is 21.1 Å². The molecule has 1 saturated carbocycles. The van der Waals surface area contributed by atoms with Crippen LogP contribution in [0.4, 0.5) is 19.3 Å². The zero-order valence-corrected chi connectivity index (χ0v) is 23.4. The molecule has 1 unspecified atom stereocenters. The van der Waals surface area contributed by atoms with Crippen molar-refractivity contribution < 1.29 is 27.8 Å². The molecule has 1 fully saturated rings. The molecule has 1 aromatic heterocycles. The monoisotopic (exact) mass is 581 g/mol. The fraction of sp³-hybridized carbons (Fsp3) is 0.226. The van der Waals surface area contributed by atoms with E-state index < -0.39 is 29.2 Å². The number of rotatable bonds is 8. The number of thiophene rings is 1. The lowest BCUT2D eigenvalue weighted by Gasteiger charge is -2.19. The third kappa shape index (κ3) is 5.60. The lowest BCUT2D eigenvalue weighted by molar-refractivity contribution is -0.146. The van der Waals surface area contributed by atoms with Crippen LogP contribution in [-0.2, 0) is 19.7 Å². The number of esters is 1. The normalized spacial score (nSPS) is 14.3. The van der Waals surface area contributed by atoms with Crippen LogP contribution in [0.2, 0.25) is 4.34 Å². The highest BCUT2D eigenvalue weighted by Crippen LogP contribution is 2.52. The van der Waals surface area contributed by atoms with E-state index >= 15 is 0 Å². The van der Waals surface area contributed by atoms with Gasteiger partial charge >= 0.3 is 12.1 Å². The molecule has 0 spiro atoms. The zero-order chi connectivity index (χ0) is 28.4. The molecular weight excluding hydrogens is 556 g/mol.